The summed E-state index contributed by atoms with van der Waals surface area (Å²) >= 11 is 0. The van der Waals surface area contributed by atoms with Crippen molar-refractivity contribution in [2.75, 3.05) is 26.2 Å². The molecular formula is C23H25N7O3S. The summed E-state index contributed by atoms with van der Waals surface area (Å²) in [5.41, 5.74) is 3.66. The second-order valence-corrected chi connectivity index (χ2v) is 10.4. The van der Waals surface area contributed by atoms with Crippen molar-refractivity contribution in [1.82, 2.24) is 33.8 Å². The number of aromatic nitrogens is 5. The van der Waals surface area contributed by atoms with Gasteiger partial charge < -0.3 is 4.90 Å². The Bertz CT molecular complexity index is 1500. The molecule has 0 saturated carbocycles. The summed E-state index contributed by atoms with van der Waals surface area (Å²) in [6, 6.07) is 9.37. The van der Waals surface area contributed by atoms with Gasteiger partial charge in [-0.15, -0.1) is 0 Å². The first kappa shape index (κ1) is 22.2. The molecule has 34 heavy (non-hydrogen) atoms. The lowest BCUT2D eigenvalue weighted by Crippen LogP contribution is -2.50. The molecule has 0 radical (unpaired) electrons. The molecule has 1 aromatic carbocycles. The predicted octanol–water partition coefficient (Wildman–Crippen LogP) is 1.82. The number of nitrogens with zero attached hydrogens (tertiary/aromatic N) is 7. The molecule has 1 aliphatic heterocycles. The van der Waals surface area contributed by atoms with Crippen molar-refractivity contribution >= 4 is 26.8 Å². The number of carbonyl (C=O) groups is 1. The summed E-state index contributed by atoms with van der Waals surface area (Å²) in [4.78, 5) is 20.2. The van der Waals surface area contributed by atoms with E-state index in [1.165, 1.54) is 21.4 Å². The maximum Gasteiger partial charge on any atom is 0.254 e. The number of aryl methyl sites for hydroxylation is 3. The van der Waals surface area contributed by atoms with Gasteiger partial charge in [-0.2, -0.15) is 14.5 Å². The van der Waals surface area contributed by atoms with Gasteiger partial charge in [0.25, 0.3) is 5.91 Å². The van der Waals surface area contributed by atoms with Gasteiger partial charge in [0.15, 0.2) is 0 Å². The Hall–Kier alpha value is -3.57. The van der Waals surface area contributed by atoms with Crippen molar-refractivity contribution < 1.29 is 13.2 Å². The van der Waals surface area contributed by atoms with E-state index in [-0.39, 0.29) is 23.9 Å². The molecule has 11 heteroatoms. The molecule has 1 saturated heterocycles. The summed E-state index contributed by atoms with van der Waals surface area (Å²) in [5.74, 6) is -0.139. The minimum Gasteiger partial charge on any atom is -0.336 e. The summed E-state index contributed by atoms with van der Waals surface area (Å²) in [6.07, 6.45) is 4.72. The highest BCUT2D eigenvalue weighted by atomic mass is 32.2. The van der Waals surface area contributed by atoms with Crippen LogP contribution in [-0.2, 0) is 24.1 Å². The average molecular weight is 480 g/mol. The molecule has 4 aromatic rings. The summed E-state index contributed by atoms with van der Waals surface area (Å²) in [5, 5.41) is 9.13. The molecule has 1 fully saturated rings. The lowest BCUT2D eigenvalue weighted by atomic mass is 10.0. The van der Waals surface area contributed by atoms with Crippen LogP contribution in [0.25, 0.3) is 22.2 Å². The van der Waals surface area contributed by atoms with Gasteiger partial charge in [-0.3, -0.25) is 14.2 Å². The molecule has 10 nitrogen and oxygen atoms in total. The van der Waals surface area contributed by atoms with Crippen LogP contribution in [0.15, 0.2) is 53.8 Å². The van der Waals surface area contributed by atoms with Crippen LogP contribution in [-0.4, -0.2) is 74.3 Å². The second kappa shape index (κ2) is 8.33. The third-order valence-electron chi connectivity index (χ3n) is 6.08. The van der Waals surface area contributed by atoms with Crippen LogP contribution >= 0.6 is 0 Å². The number of para-hydroxylation sites is 1. The molecule has 176 valence electrons. The van der Waals surface area contributed by atoms with Crippen molar-refractivity contribution in [2.45, 2.75) is 11.8 Å². The fourth-order valence-corrected chi connectivity index (χ4v) is 5.73. The van der Waals surface area contributed by atoms with E-state index in [2.05, 4.69) is 10.2 Å². The van der Waals surface area contributed by atoms with Crippen molar-refractivity contribution in [3.63, 3.8) is 0 Å². The summed E-state index contributed by atoms with van der Waals surface area (Å²) < 4.78 is 30.4. The van der Waals surface area contributed by atoms with Crippen LogP contribution in [0.1, 0.15) is 16.1 Å². The zero-order valence-corrected chi connectivity index (χ0v) is 20.0. The molecule has 0 N–H and O–H groups in total. The van der Waals surface area contributed by atoms with Crippen molar-refractivity contribution in [1.29, 1.82) is 0 Å². The fraction of sp³-hybridized carbons (Fsp3) is 0.304. The monoisotopic (exact) mass is 479 g/mol. The summed E-state index contributed by atoms with van der Waals surface area (Å²) in [6.45, 7) is 2.96. The Labute approximate surface area is 197 Å². The molecule has 3 aromatic heterocycles. The highest BCUT2D eigenvalue weighted by Crippen LogP contribution is 2.28. The Morgan fingerprint density at radius 2 is 1.74 bits per heavy atom. The van der Waals surface area contributed by atoms with Crippen molar-refractivity contribution in [3.05, 3.63) is 60.2 Å². The minimum atomic E-state index is -3.64. The number of hydrogen-bond donors (Lipinski definition) is 0. The number of benzene rings is 1. The Morgan fingerprint density at radius 1 is 1.00 bits per heavy atom. The molecular weight excluding hydrogens is 454 g/mol. The van der Waals surface area contributed by atoms with Gasteiger partial charge in [0.1, 0.15) is 4.90 Å². The van der Waals surface area contributed by atoms with E-state index in [9.17, 15) is 13.2 Å². The normalized spacial score (nSPS) is 15.2. The average Bonchev–Trinajstić information content (AvgIpc) is 3.42. The molecule has 0 atom stereocenters. The van der Waals surface area contributed by atoms with E-state index in [0.717, 1.165) is 22.2 Å². The van der Waals surface area contributed by atoms with E-state index in [1.54, 1.807) is 16.6 Å². The molecule has 0 bridgehead atoms. The number of carbonyl (C=O) groups excluding carboxylic acids is 1. The third-order valence-corrected chi connectivity index (χ3v) is 7.93. The van der Waals surface area contributed by atoms with Crippen molar-refractivity contribution in [3.8, 4) is 11.3 Å². The zero-order valence-electron chi connectivity index (χ0n) is 19.2. The topological polar surface area (TPSA) is 106 Å². The summed E-state index contributed by atoms with van der Waals surface area (Å²) in [7, 11) is -0.116. The van der Waals surface area contributed by atoms with Crippen LogP contribution in [0.4, 0.5) is 0 Å². The number of piperazine rings is 1. The number of rotatable bonds is 4. The predicted molar refractivity (Wildman–Crippen MR) is 127 cm³/mol. The van der Waals surface area contributed by atoms with E-state index in [4.69, 9.17) is 4.98 Å². The first-order valence-corrected chi connectivity index (χ1v) is 12.4. The molecule has 4 heterocycles. The van der Waals surface area contributed by atoms with E-state index in [0.29, 0.717) is 24.3 Å². The minimum absolute atomic E-state index is 0.139. The Balaban J connectivity index is 1.43. The number of fused-ring (bicyclic) bond motifs is 1. The Kier molecular flexibility index (Phi) is 5.45. The van der Waals surface area contributed by atoms with Gasteiger partial charge in [-0.1, -0.05) is 18.2 Å². The SMILES string of the molecule is Cc1nn(C)cc1-c1cc(C(=O)N2CCN(S(=O)(=O)c3cnn(C)c3)CC2)c2ccccc2n1. The van der Waals surface area contributed by atoms with Crippen molar-refractivity contribution in [2.24, 2.45) is 14.1 Å². The van der Waals surface area contributed by atoms with Gasteiger partial charge in [-0.05, 0) is 19.1 Å². The van der Waals surface area contributed by atoms with Crippen LogP contribution in [0.2, 0.25) is 0 Å². The second-order valence-electron chi connectivity index (χ2n) is 8.42. The van der Waals surface area contributed by atoms with E-state index in [1.807, 2.05) is 50.5 Å². The molecule has 0 unspecified atom stereocenters. The molecule has 0 spiro atoms. The van der Waals surface area contributed by atoms with Gasteiger partial charge >= 0.3 is 0 Å². The smallest absolute Gasteiger partial charge is 0.254 e. The number of sulfonamides is 1. The highest BCUT2D eigenvalue weighted by molar-refractivity contribution is 7.89. The lowest BCUT2D eigenvalue weighted by Gasteiger charge is -2.34. The maximum absolute atomic E-state index is 13.6. The van der Waals surface area contributed by atoms with Gasteiger partial charge in [0.05, 0.1) is 28.7 Å². The van der Waals surface area contributed by atoms with E-state index < -0.39 is 10.0 Å². The Morgan fingerprint density at radius 3 is 2.38 bits per heavy atom. The number of amides is 1. The maximum atomic E-state index is 13.6. The number of hydrogen-bond acceptors (Lipinski definition) is 6. The van der Waals surface area contributed by atoms with Gasteiger partial charge in [0, 0.05) is 63.6 Å². The fourth-order valence-electron chi connectivity index (χ4n) is 4.32. The quantitative estimate of drug-likeness (QED) is 0.442. The zero-order chi connectivity index (χ0) is 24.0. The largest absolute Gasteiger partial charge is 0.336 e. The van der Waals surface area contributed by atoms with Crippen LogP contribution in [0, 0.1) is 6.92 Å². The molecule has 1 aliphatic rings. The lowest BCUT2D eigenvalue weighted by molar-refractivity contribution is 0.0700. The molecule has 0 aliphatic carbocycles. The van der Waals surface area contributed by atoms with Crippen LogP contribution in [0.3, 0.4) is 0 Å². The molecule has 1 amide bonds. The highest BCUT2D eigenvalue weighted by Gasteiger charge is 2.32. The van der Waals surface area contributed by atoms with Gasteiger partial charge in [0.2, 0.25) is 10.0 Å². The van der Waals surface area contributed by atoms with Gasteiger partial charge in [-0.25, -0.2) is 13.4 Å². The third kappa shape index (κ3) is 3.86. The van der Waals surface area contributed by atoms with Crippen LogP contribution in [0.5, 0.6) is 0 Å². The standard InChI is InChI=1S/C23H25N7O3S/c1-16-20(15-28(3)26-16)22-12-19(18-6-4-5-7-21(18)25-22)23(31)29-8-10-30(11-9-29)34(32,33)17-13-24-27(2)14-17/h4-7,12-15H,8-11H2,1-3H3. The molecule has 5 rings (SSSR count). The van der Waals surface area contributed by atoms with Crippen LogP contribution < -0.4 is 0 Å². The first-order valence-electron chi connectivity index (χ1n) is 10.9. The van der Waals surface area contributed by atoms with E-state index >= 15 is 0 Å². The number of pyridine rings is 1. The first-order chi connectivity index (χ1) is 16.2.